The van der Waals surface area contributed by atoms with Crippen molar-refractivity contribution in [3.05, 3.63) is 0 Å². The molecule has 0 aromatic rings. The van der Waals surface area contributed by atoms with Crippen LogP contribution in [0.25, 0.3) is 0 Å². The van der Waals surface area contributed by atoms with Gasteiger partial charge in [-0.1, -0.05) is 26.7 Å². The van der Waals surface area contributed by atoms with Gasteiger partial charge in [0.1, 0.15) is 6.04 Å². The number of hydrogen-bond acceptors (Lipinski definition) is 3. The minimum Gasteiger partial charge on any atom is -0.467 e. The summed E-state index contributed by atoms with van der Waals surface area (Å²) in [6, 6.07) is -0.493. The lowest BCUT2D eigenvalue weighted by molar-refractivity contribution is -0.146. The predicted octanol–water partition coefficient (Wildman–Crippen LogP) is 1.88. The number of carbonyl (C=O) groups is 2. The highest BCUT2D eigenvalue weighted by atomic mass is 16.5. The first-order chi connectivity index (χ1) is 8.04. The van der Waals surface area contributed by atoms with Crippen LogP contribution in [0.5, 0.6) is 0 Å². The number of ether oxygens (including phenoxy) is 1. The summed E-state index contributed by atoms with van der Waals surface area (Å²) in [6.07, 6.45) is 4.75. The van der Waals surface area contributed by atoms with Gasteiger partial charge < -0.3 is 10.1 Å². The Morgan fingerprint density at radius 3 is 2.35 bits per heavy atom. The zero-order chi connectivity index (χ0) is 12.8. The molecule has 1 N–H and O–H groups in total. The molecule has 1 rings (SSSR count). The van der Waals surface area contributed by atoms with Crippen LogP contribution in [-0.4, -0.2) is 25.0 Å². The van der Waals surface area contributed by atoms with Gasteiger partial charge in [-0.05, 0) is 25.2 Å². The van der Waals surface area contributed by atoms with Crippen molar-refractivity contribution in [2.45, 2.75) is 52.0 Å². The fraction of sp³-hybridized carbons (Fsp3) is 0.846. The summed E-state index contributed by atoms with van der Waals surface area (Å²) in [5.74, 6) is 0.112. The van der Waals surface area contributed by atoms with Crippen LogP contribution in [0.2, 0.25) is 0 Å². The summed E-state index contributed by atoms with van der Waals surface area (Å²) in [6.45, 7) is 4.05. The Kier molecular flexibility index (Phi) is 5.45. The summed E-state index contributed by atoms with van der Waals surface area (Å²) < 4.78 is 4.72. The lowest BCUT2D eigenvalue weighted by Gasteiger charge is -2.20. The van der Waals surface area contributed by atoms with Gasteiger partial charge in [0.05, 0.1) is 7.11 Å². The zero-order valence-corrected chi connectivity index (χ0v) is 11.0. The first-order valence-electron chi connectivity index (χ1n) is 6.42. The molecule has 0 aromatic heterocycles. The van der Waals surface area contributed by atoms with Crippen molar-refractivity contribution in [3.8, 4) is 0 Å². The molecule has 1 fully saturated rings. The maximum Gasteiger partial charge on any atom is 0.328 e. The smallest absolute Gasteiger partial charge is 0.328 e. The molecule has 0 aliphatic heterocycles. The Hall–Kier alpha value is -1.06. The average Bonchev–Trinajstić information content (AvgIpc) is 2.79. The predicted molar refractivity (Wildman–Crippen MR) is 65.4 cm³/mol. The molecule has 0 saturated heterocycles. The van der Waals surface area contributed by atoms with E-state index in [9.17, 15) is 9.59 Å². The third-order valence-electron chi connectivity index (χ3n) is 3.24. The van der Waals surface area contributed by atoms with Crippen molar-refractivity contribution in [2.75, 3.05) is 7.11 Å². The highest BCUT2D eigenvalue weighted by Crippen LogP contribution is 2.25. The Labute approximate surface area is 103 Å². The number of esters is 1. The number of rotatable bonds is 5. The number of methoxy groups -OCH3 is 1. The van der Waals surface area contributed by atoms with Crippen LogP contribution in [0.4, 0.5) is 0 Å². The van der Waals surface area contributed by atoms with E-state index in [1.165, 1.54) is 7.11 Å². The van der Waals surface area contributed by atoms with Crippen LogP contribution < -0.4 is 5.32 Å². The minimum absolute atomic E-state index is 0.0125. The first kappa shape index (κ1) is 14.0. The van der Waals surface area contributed by atoms with Gasteiger partial charge in [0.2, 0.25) is 5.91 Å². The Bertz CT molecular complexity index is 270. The molecule has 1 aliphatic carbocycles. The van der Waals surface area contributed by atoms with E-state index in [0.29, 0.717) is 12.3 Å². The molecule has 4 heteroatoms. The summed E-state index contributed by atoms with van der Waals surface area (Å²) >= 11 is 0. The van der Waals surface area contributed by atoms with Crippen molar-refractivity contribution in [1.29, 1.82) is 0 Å². The average molecular weight is 241 g/mol. The van der Waals surface area contributed by atoms with E-state index in [2.05, 4.69) is 5.32 Å². The molecule has 98 valence electrons. The van der Waals surface area contributed by atoms with Crippen LogP contribution >= 0.6 is 0 Å². The molecule has 1 atom stereocenters. The van der Waals surface area contributed by atoms with Gasteiger partial charge >= 0.3 is 5.97 Å². The fourth-order valence-corrected chi connectivity index (χ4v) is 2.31. The molecule has 1 aliphatic rings. The molecule has 0 unspecified atom stereocenters. The number of nitrogens with one attached hydrogen (secondary N) is 1. The molecule has 0 aromatic carbocycles. The Morgan fingerprint density at radius 1 is 1.29 bits per heavy atom. The quantitative estimate of drug-likeness (QED) is 0.748. The molecule has 17 heavy (non-hydrogen) atoms. The highest BCUT2D eigenvalue weighted by molar-refractivity contribution is 5.85. The van der Waals surface area contributed by atoms with E-state index < -0.39 is 6.04 Å². The standard InChI is InChI=1S/C13H23NO3/c1-9(2)8-11(13(16)17-3)14-12(15)10-6-4-5-7-10/h9-11H,4-8H2,1-3H3,(H,14,15)/t11-/m1/s1. The van der Waals surface area contributed by atoms with Gasteiger partial charge in [0, 0.05) is 5.92 Å². The molecule has 4 nitrogen and oxygen atoms in total. The van der Waals surface area contributed by atoms with Gasteiger partial charge in [-0.2, -0.15) is 0 Å². The third-order valence-corrected chi connectivity index (χ3v) is 3.24. The summed E-state index contributed by atoms with van der Waals surface area (Å²) in [5.41, 5.74) is 0. The monoisotopic (exact) mass is 241 g/mol. The van der Waals surface area contributed by atoms with E-state index in [4.69, 9.17) is 4.74 Å². The molecule has 1 saturated carbocycles. The second kappa shape index (κ2) is 6.62. The lowest BCUT2D eigenvalue weighted by Crippen LogP contribution is -2.44. The molecular weight excluding hydrogens is 218 g/mol. The molecule has 0 heterocycles. The van der Waals surface area contributed by atoms with Crippen molar-refractivity contribution >= 4 is 11.9 Å². The largest absolute Gasteiger partial charge is 0.467 e. The van der Waals surface area contributed by atoms with E-state index in [-0.39, 0.29) is 17.8 Å². The topological polar surface area (TPSA) is 55.4 Å². The minimum atomic E-state index is -0.493. The molecule has 1 amide bonds. The zero-order valence-electron chi connectivity index (χ0n) is 11.0. The van der Waals surface area contributed by atoms with Gasteiger partial charge in [0.15, 0.2) is 0 Å². The number of carbonyl (C=O) groups excluding carboxylic acids is 2. The van der Waals surface area contributed by atoms with Gasteiger partial charge in [0.25, 0.3) is 0 Å². The van der Waals surface area contributed by atoms with Crippen LogP contribution in [0.3, 0.4) is 0 Å². The normalized spacial score (nSPS) is 18.1. The second-order valence-corrected chi connectivity index (χ2v) is 5.20. The Balaban J connectivity index is 2.52. The van der Waals surface area contributed by atoms with Crippen LogP contribution in [0, 0.1) is 11.8 Å². The van der Waals surface area contributed by atoms with Crippen LogP contribution in [0.15, 0.2) is 0 Å². The van der Waals surface area contributed by atoms with E-state index in [1.54, 1.807) is 0 Å². The van der Waals surface area contributed by atoms with Gasteiger partial charge in [-0.3, -0.25) is 4.79 Å². The second-order valence-electron chi connectivity index (χ2n) is 5.20. The van der Waals surface area contributed by atoms with Gasteiger partial charge in [-0.25, -0.2) is 4.79 Å². The third kappa shape index (κ3) is 4.36. The maximum absolute atomic E-state index is 11.9. The maximum atomic E-state index is 11.9. The summed E-state index contributed by atoms with van der Waals surface area (Å²) in [7, 11) is 1.36. The molecule has 0 radical (unpaired) electrons. The van der Waals surface area contributed by atoms with Crippen molar-refractivity contribution in [3.63, 3.8) is 0 Å². The van der Waals surface area contributed by atoms with E-state index in [1.807, 2.05) is 13.8 Å². The SMILES string of the molecule is COC(=O)[C@@H](CC(C)C)NC(=O)C1CCCC1. The van der Waals surface area contributed by atoms with Crippen LogP contribution in [-0.2, 0) is 14.3 Å². The van der Waals surface area contributed by atoms with Gasteiger partial charge in [-0.15, -0.1) is 0 Å². The van der Waals surface area contributed by atoms with Crippen molar-refractivity contribution in [2.24, 2.45) is 11.8 Å². The van der Waals surface area contributed by atoms with E-state index in [0.717, 1.165) is 25.7 Å². The highest BCUT2D eigenvalue weighted by Gasteiger charge is 2.28. The van der Waals surface area contributed by atoms with Crippen molar-refractivity contribution < 1.29 is 14.3 Å². The molecule has 0 spiro atoms. The van der Waals surface area contributed by atoms with E-state index >= 15 is 0 Å². The number of amides is 1. The lowest BCUT2D eigenvalue weighted by atomic mass is 10.0. The summed E-state index contributed by atoms with van der Waals surface area (Å²) in [5, 5.41) is 2.83. The van der Waals surface area contributed by atoms with Crippen LogP contribution in [0.1, 0.15) is 46.0 Å². The van der Waals surface area contributed by atoms with Crippen molar-refractivity contribution in [1.82, 2.24) is 5.32 Å². The summed E-state index contributed by atoms with van der Waals surface area (Å²) in [4.78, 5) is 23.5. The molecular formula is C13H23NO3. The Morgan fingerprint density at radius 2 is 1.88 bits per heavy atom. The number of hydrogen-bond donors (Lipinski definition) is 1. The molecule has 0 bridgehead atoms. The fourth-order valence-electron chi connectivity index (χ4n) is 2.31. The first-order valence-corrected chi connectivity index (χ1v) is 6.42.